The number of hydrogen-bond donors (Lipinski definition) is 0. The highest BCUT2D eigenvalue weighted by Gasteiger charge is 2.21. The summed E-state index contributed by atoms with van der Waals surface area (Å²) in [6, 6.07) is 4.29. The number of fused-ring (bicyclic) bond motifs is 1. The highest BCUT2D eigenvalue weighted by molar-refractivity contribution is 5.92. The van der Waals surface area contributed by atoms with Gasteiger partial charge in [0.15, 0.2) is 0 Å². The Morgan fingerprint density at radius 3 is 2.35 bits per heavy atom. The van der Waals surface area contributed by atoms with Crippen LogP contribution in [0.4, 0.5) is 0 Å². The van der Waals surface area contributed by atoms with Crippen LogP contribution in [0, 0.1) is 27.7 Å². The highest BCUT2D eigenvalue weighted by Crippen LogP contribution is 2.35. The van der Waals surface area contributed by atoms with Crippen LogP contribution in [0.1, 0.15) is 35.4 Å². The van der Waals surface area contributed by atoms with Crippen LogP contribution in [0.25, 0.3) is 22.4 Å². The van der Waals surface area contributed by atoms with Crippen LogP contribution in [-0.4, -0.2) is 35.4 Å². The molecule has 0 unspecified atom stereocenters. The van der Waals surface area contributed by atoms with Crippen LogP contribution in [0.15, 0.2) is 16.7 Å². The van der Waals surface area contributed by atoms with Gasteiger partial charge in [-0.3, -0.25) is 0 Å². The number of hydrogen-bond acceptors (Lipinski definition) is 6. The quantitative estimate of drug-likeness (QED) is 0.588. The second kappa shape index (κ2) is 7.83. The van der Waals surface area contributed by atoms with Crippen molar-refractivity contribution in [2.24, 2.45) is 0 Å². The van der Waals surface area contributed by atoms with E-state index in [9.17, 15) is 0 Å². The maximum atomic E-state index is 5.84. The van der Waals surface area contributed by atoms with E-state index in [2.05, 4.69) is 48.0 Å². The Hall–Kier alpha value is -2.47. The lowest BCUT2D eigenvalue weighted by atomic mass is 9.97. The third kappa shape index (κ3) is 3.70. The highest BCUT2D eigenvalue weighted by atomic mass is 16.5. The van der Waals surface area contributed by atoms with Gasteiger partial charge in [0.25, 0.3) is 5.88 Å². The molecule has 6 nitrogen and oxygen atoms in total. The molecular weight excluding hydrogens is 330 g/mol. The zero-order valence-corrected chi connectivity index (χ0v) is 16.0. The minimum atomic E-state index is 0.450. The molecular formula is C20H25N3O3. The molecule has 0 aliphatic rings. The number of aryl methyl sites for hydroxylation is 4. The number of methoxy groups -OCH3 is 1. The summed E-state index contributed by atoms with van der Waals surface area (Å²) in [4.78, 5) is 8.95. The van der Waals surface area contributed by atoms with E-state index in [0.29, 0.717) is 29.4 Å². The van der Waals surface area contributed by atoms with Crippen LogP contribution in [-0.2, 0) is 4.74 Å². The molecule has 0 aliphatic carbocycles. The lowest BCUT2D eigenvalue weighted by Gasteiger charge is -2.09. The van der Waals surface area contributed by atoms with Gasteiger partial charge in [-0.25, -0.2) is 4.98 Å². The maximum Gasteiger partial charge on any atom is 0.264 e. The summed E-state index contributed by atoms with van der Waals surface area (Å²) in [6.07, 6.45) is 1.82. The minimum Gasteiger partial charge on any atom is -0.475 e. The molecule has 3 rings (SSSR count). The molecule has 138 valence electrons. The molecule has 0 fully saturated rings. The van der Waals surface area contributed by atoms with Crippen LogP contribution < -0.4 is 4.74 Å². The predicted octanol–water partition coefficient (Wildman–Crippen LogP) is 4.32. The SMILES string of the molecule is COCCCCOc1nc(C)nc2c(-c3c(C)cc(C)cc3C)noc12. The standard InChI is InChI=1S/C20H25N3O3/c1-12-10-13(2)16(14(3)11-12)17-18-19(26-23-17)20(22-15(4)21-18)25-9-7-6-8-24-5/h10-11H,6-9H2,1-5H3. The lowest BCUT2D eigenvalue weighted by Crippen LogP contribution is -2.03. The summed E-state index contributed by atoms with van der Waals surface area (Å²) < 4.78 is 16.5. The van der Waals surface area contributed by atoms with Crippen LogP contribution >= 0.6 is 0 Å². The van der Waals surface area contributed by atoms with Gasteiger partial charge in [-0.2, -0.15) is 4.98 Å². The summed E-state index contributed by atoms with van der Waals surface area (Å²) in [5.41, 5.74) is 6.51. The average Bonchev–Trinajstić information content (AvgIpc) is 2.97. The third-order valence-corrected chi connectivity index (χ3v) is 4.29. The Bertz CT molecular complexity index is 895. The molecule has 0 atom stereocenters. The van der Waals surface area contributed by atoms with Crippen molar-refractivity contribution in [3.05, 3.63) is 34.6 Å². The monoisotopic (exact) mass is 355 g/mol. The van der Waals surface area contributed by atoms with Crippen molar-refractivity contribution in [2.75, 3.05) is 20.3 Å². The molecule has 0 saturated heterocycles. The van der Waals surface area contributed by atoms with E-state index in [1.54, 1.807) is 7.11 Å². The number of benzene rings is 1. The molecule has 3 aromatic rings. The van der Waals surface area contributed by atoms with Crippen molar-refractivity contribution in [2.45, 2.75) is 40.5 Å². The van der Waals surface area contributed by atoms with E-state index >= 15 is 0 Å². The average molecular weight is 355 g/mol. The van der Waals surface area contributed by atoms with Gasteiger partial charge < -0.3 is 14.0 Å². The van der Waals surface area contributed by atoms with Crippen molar-refractivity contribution < 1.29 is 14.0 Å². The van der Waals surface area contributed by atoms with Gasteiger partial charge in [-0.15, -0.1) is 0 Å². The van der Waals surface area contributed by atoms with Crippen molar-refractivity contribution in [1.82, 2.24) is 15.1 Å². The van der Waals surface area contributed by atoms with E-state index in [1.165, 1.54) is 5.56 Å². The number of ether oxygens (including phenoxy) is 2. The molecule has 26 heavy (non-hydrogen) atoms. The van der Waals surface area contributed by atoms with Crippen molar-refractivity contribution in [1.29, 1.82) is 0 Å². The van der Waals surface area contributed by atoms with Crippen molar-refractivity contribution in [3.8, 4) is 17.1 Å². The Labute approximate surface area is 153 Å². The topological polar surface area (TPSA) is 70.3 Å². The molecule has 0 radical (unpaired) electrons. The summed E-state index contributed by atoms with van der Waals surface area (Å²) >= 11 is 0. The molecule has 0 aliphatic heterocycles. The zero-order valence-electron chi connectivity index (χ0n) is 16.0. The normalized spacial score (nSPS) is 11.3. The molecule has 2 heterocycles. The smallest absolute Gasteiger partial charge is 0.264 e. The minimum absolute atomic E-state index is 0.450. The fourth-order valence-corrected chi connectivity index (χ4v) is 3.25. The number of unbranched alkanes of at least 4 members (excludes halogenated alkanes) is 1. The van der Waals surface area contributed by atoms with E-state index in [4.69, 9.17) is 14.0 Å². The maximum absolute atomic E-state index is 5.84. The summed E-state index contributed by atoms with van der Waals surface area (Å²) in [6.45, 7) is 9.37. The second-order valence-corrected chi connectivity index (χ2v) is 6.61. The van der Waals surface area contributed by atoms with Crippen molar-refractivity contribution in [3.63, 3.8) is 0 Å². The first-order valence-electron chi connectivity index (χ1n) is 8.85. The summed E-state index contributed by atoms with van der Waals surface area (Å²) in [7, 11) is 1.70. The van der Waals surface area contributed by atoms with Crippen LogP contribution in [0.3, 0.4) is 0 Å². The van der Waals surface area contributed by atoms with Gasteiger partial charge in [0.05, 0.1) is 6.61 Å². The van der Waals surface area contributed by atoms with Gasteiger partial charge >= 0.3 is 0 Å². The number of aromatic nitrogens is 3. The van der Waals surface area contributed by atoms with Crippen molar-refractivity contribution >= 4 is 11.1 Å². The summed E-state index contributed by atoms with van der Waals surface area (Å²) in [5, 5.41) is 4.30. The van der Waals surface area contributed by atoms with Gasteiger partial charge in [0.1, 0.15) is 17.0 Å². The largest absolute Gasteiger partial charge is 0.475 e. The lowest BCUT2D eigenvalue weighted by molar-refractivity contribution is 0.183. The first kappa shape index (κ1) is 18.3. The molecule has 2 aromatic heterocycles. The Kier molecular flexibility index (Phi) is 5.52. The van der Waals surface area contributed by atoms with E-state index in [0.717, 1.165) is 41.8 Å². The van der Waals surface area contributed by atoms with Gasteiger partial charge in [-0.05, 0) is 51.7 Å². The van der Waals surface area contributed by atoms with Gasteiger partial charge in [-0.1, -0.05) is 22.9 Å². The third-order valence-electron chi connectivity index (χ3n) is 4.29. The number of rotatable bonds is 7. The molecule has 0 saturated carbocycles. The van der Waals surface area contributed by atoms with Gasteiger partial charge in [0.2, 0.25) is 5.58 Å². The molecule has 1 aromatic carbocycles. The summed E-state index contributed by atoms with van der Waals surface area (Å²) in [5.74, 6) is 1.09. The Morgan fingerprint density at radius 2 is 1.65 bits per heavy atom. The fraction of sp³-hybridized carbons (Fsp3) is 0.450. The van der Waals surface area contributed by atoms with E-state index in [-0.39, 0.29) is 0 Å². The zero-order chi connectivity index (χ0) is 18.7. The van der Waals surface area contributed by atoms with Crippen LogP contribution in [0.2, 0.25) is 0 Å². The predicted molar refractivity (Wildman–Crippen MR) is 101 cm³/mol. The van der Waals surface area contributed by atoms with Gasteiger partial charge in [0, 0.05) is 19.3 Å². The molecule has 0 N–H and O–H groups in total. The molecule has 0 spiro atoms. The Morgan fingerprint density at radius 1 is 0.962 bits per heavy atom. The first-order chi connectivity index (χ1) is 12.5. The van der Waals surface area contributed by atoms with Crippen LogP contribution in [0.5, 0.6) is 5.88 Å². The molecule has 0 amide bonds. The molecule has 6 heteroatoms. The first-order valence-corrected chi connectivity index (χ1v) is 8.85. The number of nitrogens with zero attached hydrogens (tertiary/aromatic N) is 3. The Balaban J connectivity index is 1.98. The molecule has 0 bridgehead atoms. The van der Waals surface area contributed by atoms with E-state index in [1.807, 2.05) is 6.92 Å². The fourth-order valence-electron chi connectivity index (χ4n) is 3.25. The second-order valence-electron chi connectivity index (χ2n) is 6.61. The van der Waals surface area contributed by atoms with E-state index < -0.39 is 0 Å².